The van der Waals surface area contributed by atoms with Gasteiger partial charge in [0, 0.05) is 44.8 Å². The lowest BCUT2D eigenvalue weighted by molar-refractivity contribution is 0.103. The fourth-order valence-corrected chi connectivity index (χ4v) is 4.36. The number of methoxy groups -OCH3 is 4. The first-order valence-corrected chi connectivity index (χ1v) is 11.2. The third-order valence-corrected chi connectivity index (χ3v) is 6.04. The Balaban J connectivity index is 2.06. The Kier molecular flexibility index (Phi) is 7.01. The molecule has 0 aliphatic rings. The maximum Gasteiger partial charge on any atom is 0.194 e. The Bertz CT molecular complexity index is 1320. The largest absolute Gasteiger partial charge is 0.493 e. The van der Waals surface area contributed by atoms with E-state index in [0.29, 0.717) is 67.8 Å². The molecule has 7 heteroatoms. The van der Waals surface area contributed by atoms with Gasteiger partial charge in [0.2, 0.25) is 0 Å². The molecule has 0 fully saturated rings. The molecule has 0 radical (unpaired) electrons. The number of ether oxygens (including phenoxy) is 4. The van der Waals surface area contributed by atoms with E-state index in [0.717, 1.165) is 0 Å². The molecule has 0 heterocycles. The summed E-state index contributed by atoms with van der Waals surface area (Å²) in [5.41, 5.74) is 16.8. The molecule has 184 valence electrons. The first-order chi connectivity index (χ1) is 17.5. The van der Waals surface area contributed by atoms with Gasteiger partial charge in [-0.3, -0.25) is 4.79 Å². The maximum atomic E-state index is 14.3. The molecule has 4 aromatic carbocycles. The Morgan fingerprint density at radius 3 is 1.28 bits per heavy atom. The number of anilines is 2. The van der Waals surface area contributed by atoms with E-state index in [1.807, 2.05) is 36.4 Å². The number of rotatable bonds is 8. The fourth-order valence-electron chi connectivity index (χ4n) is 4.36. The molecule has 0 aromatic heterocycles. The van der Waals surface area contributed by atoms with Gasteiger partial charge in [0.05, 0.1) is 28.4 Å². The number of ketones is 1. The van der Waals surface area contributed by atoms with Crippen molar-refractivity contribution in [2.24, 2.45) is 0 Å². The fraction of sp³-hybridized carbons (Fsp3) is 0.138. The molecule has 4 N–H and O–H groups in total. The third-order valence-electron chi connectivity index (χ3n) is 6.04. The van der Waals surface area contributed by atoms with Crippen molar-refractivity contribution in [3.05, 3.63) is 83.9 Å². The predicted molar refractivity (Wildman–Crippen MR) is 142 cm³/mol. The molecule has 7 nitrogen and oxygen atoms in total. The molecule has 0 atom stereocenters. The van der Waals surface area contributed by atoms with Crippen molar-refractivity contribution in [1.82, 2.24) is 0 Å². The number of hydrogen-bond acceptors (Lipinski definition) is 7. The first kappa shape index (κ1) is 24.5. The highest BCUT2D eigenvalue weighted by molar-refractivity contribution is 6.18. The van der Waals surface area contributed by atoms with Crippen LogP contribution in [0, 0.1) is 0 Å². The topological polar surface area (TPSA) is 106 Å². The zero-order chi connectivity index (χ0) is 25.8. The Morgan fingerprint density at radius 2 is 0.944 bits per heavy atom. The smallest absolute Gasteiger partial charge is 0.194 e. The van der Waals surface area contributed by atoms with E-state index in [9.17, 15) is 4.79 Å². The maximum absolute atomic E-state index is 14.3. The van der Waals surface area contributed by atoms with Crippen LogP contribution in [0.5, 0.6) is 23.0 Å². The average Bonchev–Trinajstić information content (AvgIpc) is 2.91. The number of nitrogen functional groups attached to an aromatic ring is 2. The third kappa shape index (κ3) is 4.15. The molecular weight excluding hydrogens is 456 g/mol. The number of carbonyl (C=O) groups excluding carboxylic acids is 1. The van der Waals surface area contributed by atoms with E-state index < -0.39 is 0 Å². The average molecular weight is 485 g/mol. The highest BCUT2D eigenvalue weighted by Crippen LogP contribution is 2.47. The molecule has 0 aliphatic heterocycles. The molecule has 4 aromatic rings. The molecule has 0 unspecified atom stereocenters. The number of hydrogen-bond donors (Lipinski definition) is 2. The quantitative estimate of drug-likeness (QED) is 0.253. The summed E-state index contributed by atoms with van der Waals surface area (Å²) in [5, 5.41) is 0. The van der Waals surface area contributed by atoms with E-state index in [1.165, 1.54) is 14.2 Å². The number of benzene rings is 4. The highest BCUT2D eigenvalue weighted by Gasteiger charge is 2.28. The minimum Gasteiger partial charge on any atom is -0.493 e. The van der Waals surface area contributed by atoms with Gasteiger partial charge in [0.1, 0.15) is 0 Å². The van der Waals surface area contributed by atoms with Gasteiger partial charge in [-0.15, -0.1) is 0 Å². The molecule has 0 saturated carbocycles. The van der Waals surface area contributed by atoms with E-state index in [-0.39, 0.29) is 5.78 Å². The summed E-state index contributed by atoms with van der Waals surface area (Å²) in [5.74, 6) is 1.50. The van der Waals surface area contributed by atoms with Crippen LogP contribution in [0.1, 0.15) is 15.9 Å². The monoisotopic (exact) mass is 484 g/mol. The first-order valence-electron chi connectivity index (χ1n) is 11.2. The standard InChI is InChI=1S/C29H28N2O5/c1-33-23-15-13-19(25(28(23)35-3)17-9-5-7-11-21(17)30)27(32)20-14-16-24(34-2)29(36-4)26(20)18-10-6-8-12-22(18)31/h5-16H,30-31H2,1-4H3. The molecule has 0 spiro atoms. The number of para-hydroxylation sites is 2. The minimum atomic E-state index is -0.270. The molecule has 36 heavy (non-hydrogen) atoms. The second-order valence-corrected chi connectivity index (χ2v) is 7.95. The van der Waals surface area contributed by atoms with Crippen LogP contribution in [0.4, 0.5) is 11.4 Å². The zero-order valence-electron chi connectivity index (χ0n) is 20.6. The SMILES string of the molecule is COc1ccc(C(=O)c2ccc(OC)c(OC)c2-c2ccccc2N)c(-c2ccccc2N)c1OC. The van der Waals surface area contributed by atoms with Gasteiger partial charge in [-0.05, 0) is 36.4 Å². The lowest BCUT2D eigenvalue weighted by Crippen LogP contribution is -2.10. The molecule has 0 amide bonds. The van der Waals surface area contributed by atoms with Gasteiger partial charge in [0.15, 0.2) is 28.8 Å². The Morgan fingerprint density at radius 1 is 0.556 bits per heavy atom. The van der Waals surface area contributed by atoms with Crippen LogP contribution in [-0.4, -0.2) is 34.2 Å². The normalized spacial score (nSPS) is 10.6. The number of nitrogens with two attached hydrogens (primary N) is 2. The van der Waals surface area contributed by atoms with E-state index in [1.54, 1.807) is 50.6 Å². The summed E-state index contributed by atoms with van der Waals surface area (Å²) in [6, 6.07) is 21.4. The lowest BCUT2D eigenvalue weighted by atomic mass is 9.87. The van der Waals surface area contributed by atoms with Gasteiger partial charge in [0.25, 0.3) is 0 Å². The van der Waals surface area contributed by atoms with E-state index in [4.69, 9.17) is 30.4 Å². The van der Waals surface area contributed by atoms with Gasteiger partial charge >= 0.3 is 0 Å². The van der Waals surface area contributed by atoms with Crippen LogP contribution in [0.2, 0.25) is 0 Å². The van der Waals surface area contributed by atoms with Crippen molar-refractivity contribution < 1.29 is 23.7 Å². The highest BCUT2D eigenvalue weighted by atomic mass is 16.5. The summed E-state index contributed by atoms with van der Waals surface area (Å²) in [6.45, 7) is 0. The van der Waals surface area contributed by atoms with Crippen molar-refractivity contribution in [1.29, 1.82) is 0 Å². The van der Waals surface area contributed by atoms with Crippen LogP contribution in [0.3, 0.4) is 0 Å². The van der Waals surface area contributed by atoms with E-state index in [2.05, 4.69) is 0 Å². The van der Waals surface area contributed by atoms with E-state index >= 15 is 0 Å². The second-order valence-electron chi connectivity index (χ2n) is 7.95. The van der Waals surface area contributed by atoms with Crippen molar-refractivity contribution in [3.8, 4) is 45.3 Å². The van der Waals surface area contributed by atoms with Crippen LogP contribution in [0.15, 0.2) is 72.8 Å². The summed E-state index contributed by atoms with van der Waals surface area (Å²) >= 11 is 0. The van der Waals surface area contributed by atoms with Crippen LogP contribution in [-0.2, 0) is 0 Å². The van der Waals surface area contributed by atoms with Crippen molar-refractivity contribution >= 4 is 17.2 Å². The van der Waals surface area contributed by atoms with Crippen LogP contribution in [0.25, 0.3) is 22.3 Å². The molecule has 0 saturated heterocycles. The molecular formula is C29H28N2O5. The van der Waals surface area contributed by atoms with Crippen LogP contribution < -0.4 is 30.4 Å². The lowest BCUT2D eigenvalue weighted by Gasteiger charge is -2.21. The minimum absolute atomic E-state index is 0.270. The van der Waals surface area contributed by atoms with Gasteiger partial charge < -0.3 is 30.4 Å². The van der Waals surface area contributed by atoms with Crippen molar-refractivity contribution in [2.75, 3.05) is 39.9 Å². The Hall–Kier alpha value is -4.65. The Labute approximate surface area is 210 Å². The van der Waals surface area contributed by atoms with Crippen molar-refractivity contribution in [2.45, 2.75) is 0 Å². The van der Waals surface area contributed by atoms with Crippen molar-refractivity contribution in [3.63, 3.8) is 0 Å². The van der Waals surface area contributed by atoms with Gasteiger partial charge in [-0.2, -0.15) is 0 Å². The number of carbonyl (C=O) groups is 1. The predicted octanol–water partition coefficient (Wildman–Crippen LogP) is 5.45. The van der Waals surface area contributed by atoms with Crippen LogP contribution >= 0.6 is 0 Å². The molecule has 4 rings (SSSR count). The summed E-state index contributed by atoms with van der Waals surface area (Å²) in [7, 11) is 6.15. The zero-order valence-corrected chi connectivity index (χ0v) is 20.6. The summed E-state index contributed by atoms with van der Waals surface area (Å²) in [6.07, 6.45) is 0. The van der Waals surface area contributed by atoms with Gasteiger partial charge in [-0.25, -0.2) is 0 Å². The molecule has 0 aliphatic carbocycles. The molecule has 0 bridgehead atoms. The summed E-state index contributed by atoms with van der Waals surface area (Å²) < 4.78 is 22.5. The second kappa shape index (κ2) is 10.3. The van der Waals surface area contributed by atoms with Gasteiger partial charge in [-0.1, -0.05) is 36.4 Å². The summed E-state index contributed by atoms with van der Waals surface area (Å²) in [4.78, 5) is 14.3.